The van der Waals surface area contributed by atoms with E-state index in [-0.39, 0.29) is 23.3 Å². The molecule has 0 bridgehead atoms. The fourth-order valence-electron chi connectivity index (χ4n) is 3.61. The molecule has 1 unspecified atom stereocenters. The average Bonchev–Trinajstić information content (AvgIpc) is 3.36. The highest BCUT2D eigenvalue weighted by molar-refractivity contribution is 7.10. The lowest BCUT2D eigenvalue weighted by Crippen LogP contribution is -2.44. The Hall–Kier alpha value is -2.55. The van der Waals surface area contributed by atoms with E-state index in [1.165, 1.54) is 9.51 Å². The van der Waals surface area contributed by atoms with Gasteiger partial charge in [0.1, 0.15) is 0 Å². The first-order valence-corrected chi connectivity index (χ1v) is 10.4. The van der Waals surface area contributed by atoms with Crippen LogP contribution in [0.3, 0.4) is 0 Å². The minimum Gasteiger partial charge on any atom is -0.355 e. The second-order valence-corrected chi connectivity index (χ2v) is 9.28. The summed E-state index contributed by atoms with van der Waals surface area (Å²) in [4.78, 5) is 16.4. The Balaban J connectivity index is 1.39. The molecule has 148 valence electrons. The average molecular weight is 400 g/mol. The van der Waals surface area contributed by atoms with Crippen LogP contribution in [0.1, 0.15) is 44.5 Å². The van der Waals surface area contributed by atoms with E-state index >= 15 is 0 Å². The number of amides is 1. The number of fused-ring (bicyclic) bond motifs is 1. The molecule has 4 heterocycles. The number of carbonyl (C=O) groups is 1. The molecule has 1 N–H and O–H groups in total. The van der Waals surface area contributed by atoms with Crippen molar-refractivity contribution in [2.75, 3.05) is 18.0 Å². The number of hydrogen-bond acceptors (Lipinski definition) is 7. The minimum absolute atomic E-state index is 0.0258. The molecule has 1 aliphatic heterocycles. The third kappa shape index (κ3) is 3.84. The van der Waals surface area contributed by atoms with Crippen LogP contribution in [0.2, 0.25) is 0 Å². The van der Waals surface area contributed by atoms with Crippen molar-refractivity contribution in [1.29, 1.82) is 0 Å². The van der Waals surface area contributed by atoms with Gasteiger partial charge in [-0.3, -0.25) is 4.79 Å². The smallest absolute Gasteiger partial charge is 0.223 e. The lowest BCUT2D eigenvalue weighted by Gasteiger charge is -2.35. The zero-order valence-electron chi connectivity index (χ0n) is 16.4. The second kappa shape index (κ2) is 7.46. The van der Waals surface area contributed by atoms with E-state index in [2.05, 4.69) is 63.1 Å². The topological polar surface area (TPSA) is 88.3 Å². The van der Waals surface area contributed by atoms with Crippen LogP contribution in [0.5, 0.6) is 0 Å². The zero-order valence-corrected chi connectivity index (χ0v) is 17.2. The SMILES string of the molecule is CC(C)(C)C(NC(=O)C1CCN(c2ccc3nnnn3n2)CC1)c1cccs1. The number of rotatable bonds is 4. The van der Waals surface area contributed by atoms with Crippen molar-refractivity contribution in [3.8, 4) is 0 Å². The van der Waals surface area contributed by atoms with Gasteiger partial charge in [0.15, 0.2) is 11.5 Å². The van der Waals surface area contributed by atoms with Crippen molar-refractivity contribution in [2.24, 2.45) is 11.3 Å². The van der Waals surface area contributed by atoms with Gasteiger partial charge in [-0.25, -0.2) is 0 Å². The Kier molecular flexibility index (Phi) is 5.01. The van der Waals surface area contributed by atoms with Crippen molar-refractivity contribution in [2.45, 2.75) is 39.7 Å². The molecule has 4 rings (SSSR count). The van der Waals surface area contributed by atoms with E-state index < -0.39 is 0 Å². The Labute approximate surface area is 167 Å². The number of hydrogen-bond donors (Lipinski definition) is 1. The van der Waals surface area contributed by atoms with Crippen LogP contribution in [-0.2, 0) is 4.79 Å². The van der Waals surface area contributed by atoms with Crippen molar-refractivity contribution in [3.05, 3.63) is 34.5 Å². The molecular weight excluding hydrogens is 374 g/mol. The van der Waals surface area contributed by atoms with Crippen LogP contribution in [0, 0.1) is 11.3 Å². The van der Waals surface area contributed by atoms with Gasteiger partial charge in [0, 0.05) is 23.9 Å². The standard InChI is InChI=1S/C19H25N7OS/c1-19(2,3)17(14-5-4-12-28-14)20-18(27)13-8-10-25(11-9-13)16-7-6-15-21-23-24-26(15)22-16/h4-7,12-13,17H,8-11H2,1-3H3,(H,20,27). The molecule has 0 spiro atoms. The lowest BCUT2D eigenvalue weighted by molar-refractivity contribution is -0.127. The zero-order chi connectivity index (χ0) is 19.7. The number of carbonyl (C=O) groups excluding carboxylic acids is 1. The van der Waals surface area contributed by atoms with Gasteiger partial charge in [-0.05, 0) is 52.3 Å². The van der Waals surface area contributed by atoms with Gasteiger partial charge in [-0.15, -0.1) is 26.2 Å². The molecule has 1 saturated heterocycles. The van der Waals surface area contributed by atoms with Gasteiger partial charge >= 0.3 is 0 Å². The number of aromatic nitrogens is 5. The summed E-state index contributed by atoms with van der Waals surface area (Å²) >= 11 is 1.70. The Morgan fingerprint density at radius 2 is 2.04 bits per heavy atom. The molecule has 3 aromatic rings. The number of piperidine rings is 1. The highest BCUT2D eigenvalue weighted by Gasteiger charge is 2.32. The first-order valence-electron chi connectivity index (χ1n) is 9.56. The molecule has 9 heteroatoms. The van der Waals surface area contributed by atoms with E-state index in [1.807, 2.05) is 18.2 Å². The summed E-state index contributed by atoms with van der Waals surface area (Å²) in [7, 11) is 0. The summed E-state index contributed by atoms with van der Waals surface area (Å²) in [5.74, 6) is 1.01. The monoisotopic (exact) mass is 399 g/mol. The predicted molar refractivity (Wildman–Crippen MR) is 108 cm³/mol. The normalized spacial score (nSPS) is 17.0. The highest BCUT2D eigenvalue weighted by atomic mass is 32.1. The Morgan fingerprint density at radius 3 is 2.71 bits per heavy atom. The van der Waals surface area contributed by atoms with Crippen LogP contribution < -0.4 is 10.2 Å². The van der Waals surface area contributed by atoms with E-state index in [4.69, 9.17) is 0 Å². The Bertz CT molecular complexity index is 939. The molecular formula is C19H25N7OS. The summed E-state index contributed by atoms with van der Waals surface area (Å²) in [5.41, 5.74) is 0.589. The highest BCUT2D eigenvalue weighted by Crippen LogP contribution is 2.35. The first-order chi connectivity index (χ1) is 13.4. The first kappa shape index (κ1) is 18.8. The van der Waals surface area contributed by atoms with E-state index in [9.17, 15) is 4.79 Å². The third-order valence-electron chi connectivity index (χ3n) is 5.23. The number of thiophene rings is 1. The van der Waals surface area contributed by atoms with Crippen molar-refractivity contribution >= 4 is 28.7 Å². The number of anilines is 1. The molecule has 1 amide bonds. The summed E-state index contributed by atoms with van der Waals surface area (Å²) in [6.07, 6.45) is 1.62. The molecule has 8 nitrogen and oxygen atoms in total. The number of nitrogens with one attached hydrogen (secondary N) is 1. The molecule has 0 aliphatic carbocycles. The molecule has 0 radical (unpaired) electrons. The van der Waals surface area contributed by atoms with Crippen molar-refractivity contribution in [1.82, 2.24) is 30.6 Å². The predicted octanol–water partition coefficient (Wildman–Crippen LogP) is 2.70. The Morgan fingerprint density at radius 1 is 1.25 bits per heavy atom. The summed E-state index contributed by atoms with van der Waals surface area (Å²) in [6.45, 7) is 8.08. The van der Waals surface area contributed by atoms with Gasteiger partial charge in [-0.1, -0.05) is 26.8 Å². The maximum absolute atomic E-state index is 13.0. The molecule has 1 aliphatic rings. The number of nitrogens with zero attached hydrogens (tertiary/aromatic N) is 6. The molecule has 1 atom stereocenters. The summed E-state index contributed by atoms with van der Waals surface area (Å²) in [5, 5.41) is 21.2. The fourth-order valence-corrected chi connectivity index (χ4v) is 4.63. The van der Waals surface area contributed by atoms with E-state index in [1.54, 1.807) is 11.3 Å². The minimum atomic E-state index is -0.0353. The van der Waals surface area contributed by atoms with Crippen LogP contribution in [0.25, 0.3) is 5.65 Å². The molecule has 1 fully saturated rings. The van der Waals surface area contributed by atoms with E-state index in [0.29, 0.717) is 5.65 Å². The van der Waals surface area contributed by atoms with Gasteiger partial charge in [0.2, 0.25) is 5.91 Å². The molecule has 28 heavy (non-hydrogen) atoms. The van der Waals surface area contributed by atoms with Crippen LogP contribution in [0.15, 0.2) is 29.6 Å². The molecule has 0 aromatic carbocycles. The maximum atomic E-state index is 13.0. The summed E-state index contributed by atoms with van der Waals surface area (Å²) < 4.78 is 1.43. The van der Waals surface area contributed by atoms with Gasteiger partial charge in [0.05, 0.1) is 6.04 Å². The second-order valence-electron chi connectivity index (χ2n) is 8.30. The summed E-state index contributed by atoms with van der Waals surface area (Å²) in [6, 6.07) is 7.96. The van der Waals surface area contributed by atoms with Gasteiger partial charge < -0.3 is 10.2 Å². The van der Waals surface area contributed by atoms with Gasteiger partial charge in [0.25, 0.3) is 0 Å². The maximum Gasteiger partial charge on any atom is 0.223 e. The van der Waals surface area contributed by atoms with Gasteiger partial charge in [-0.2, -0.15) is 0 Å². The van der Waals surface area contributed by atoms with Crippen molar-refractivity contribution in [3.63, 3.8) is 0 Å². The molecule has 3 aromatic heterocycles. The largest absolute Gasteiger partial charge is 0.355 e. The fraction of sp³-hybridized carbons (Fsp3) is 0.526. The molecule has 0 saturated carbocycles. The quantitative estimate of drug-likeness (QED) is 0.726. The number of tetrazole rings is 1. The van der Waals surface area contributed by atoms with Crippen LogP contribution >= 0.6 is 11.3 Å². The van der Waals surface area contributed by atoms with Crippen molar-refractivity contribution < 1.29 is 4.79 Å². The van der Waals surface area contributed by atoms with Crippen LogP contribution in [0.4, 0.5) is 5.82 Å². The lowest BCUT2D eigenvalue weighted by atomic mass is 9.85. The van der Waals surface area contributed by atoms with Crippen LogP contribution in [-0.4, -0.2) is 44.3 Å². The third-order valence-corrected chi connectivity index (χ3v) is 6.16. The van der Waals surface area contributed by atoms with E-state index in [0.717, 1.165) is 31.7 Å².